The Kier molecular flexibility index (Phi) is 6.50. The third-order valence-corrected chi connectivity index (χ3v) is 5.56. The van der Waals surface area contributed by atoms with E-state index in [1.165, 1.54) is 13.2 Å². The molecule has 0 spiro atoms. The third-order valence-electron chi connectivity index (χ3n) is 5.56. The molecule has 0 aromatic carbocycles. The Balaban J connectivity index is 1.60. The van der Waals surface area contributed by atoms with Crippen molar-refractivity contribution in [1.82, 2.24) is 15.6 Å². The maximum absolute atomic E-state index is 14.5. The van der Waals surface area contributed by atoms with E-state index in [1.54, 1.807) is 0 Å². The molecule has 1 aliphatic heterocycles. The van der Waals surface area contributed by atoms with Crippen molar-refractivity contribution < 1.29 is 31.8 Å². The second kappa shape index (κ2) is 8.73. The Bertz CT molecular complexity index is 736. The molecule has 1 saturated heterocycles. The minimum absolute atomic E-state index is 0.0355. The van der Waals surface area contributed by atoms with Gasteiger partial charge in [0.2, 0.25) is 11.8 Å². The number of hydrogen-bond acceptors (Lipinski definition) is 5. The molecular weight excluding hydrogens is 394 g/mol. The van der Waals surface area contributed by atoms with Crippen LogP contribution in [-0.4, -0.2) is 42.9 Å². The largest absolute Gasteiger partial charge is 0.481 e. The standard InChI is InChI=1S/C19H25F4N3O3/c1-10-8-24-15(10)16(27)25-9-11-7-14(20)18(26-17(11)28-2)29-13-5-3-12(4-6-13)19(21,22)23/h7,10,12-13,15,24H,3-6,8-9H2,1-2H3,(H,25,27)/t10-,12?,13?,15-/m0/s1. The van der Waals surface area contributed by atoms with E-state index >= 15 is 0 Å². The highest BCUT2D eigenvalue weighted by Gasteiger charge is 2.42. The molecular formula is C19H25F4N3O3. The highest BCUT2D eigenvalue weighted by molar-refractivity contribution is 5.83. The van der Waals surface area contributed by atoms with E-state index in [0.717, 1.165) is 6.54 Å². The minimum Gasteiger partial charge on any atom is -0.481 e. The normalized spacial score (nSPS) is 27.1. The van der Waals surface area contributed by atoms with Gasteiger partial charge in [-0.2, -0.15) is 18.2 Å². The van der Waals surface area contributed by atoms with E-state index in [9.17, 15) is 22.4 Å². The quantitative estimate of drug-likeness (QED) is 0.694. The third kappa shape index (κ3) is 5.09. The molecule has 2 aliphatic rings. The van der Waals surface area contributed by atoms with Gasteiger partial charge in [0.05, 0.1) is 19.1 Å². The maximum atomic E-state index is 14.5. The van der Waals surface area contributed by atoms with Gasteiger partial charge in [-0.1, -0.05) is 6.92 Å². The molecule has 6 nitrogen and oxygen atoms in total. The lowest BCUT2D eigenvalue weighted by atomic mass is 9.87. The number of alkyl halides is 3. The second-order valence-electron chi connectivity index (χ2n) is 7.66. The highest BCUT2D eigenvalue weighted by atomic mass is 19.4. The monoisotopic (exact) mass is 419 g/mol. The number of pyridine rings is 1. The molecule has 2 heterocycles. The second-order valence-corrected chi connectivity index (χ2v) is 7.66. The summed E-state index contributed by atoms with van der Waals surface area (Å²) in [5.41, 5.74) is 0.346. The van der Waals surface area contributed by atoms with Gasteiger partial charge in [-0.05, 0) is 37.7 Å². The van der Waals surface area contributed by atoms with Crippen molar-refractivity contribution in [2.75, 3.05) is 13.7 Å². The minimum atomic E-state index is -4.21. The summed E-state index contributed by atoms with van der Waals surface area (Å²) in [6.07, 6.45) is -4.49. The number of hydrogen-bond donors (Lipinski definition) is 2. The zero-order valence-electron chi connectivity index (χ0n) is 16.3. The van der Waals surface area contributed by atoms with Crippen LogP contribution in [0, 0.1) is 17.7 Å². The predicted molar refractivity (Wildman–Crippen MR) is 96.0 cm³/mol. The highest BCUT2D eigenvalue weighted by Crippen LogP contribution is 2.38. The van der Waals surface area contributed by atoms with Gasteiger partial charge < -0.3 is 20.1 Å². The summed E-state index contributed by atoms with van der Waals surface area (Å²) < 4.78 is 63.5. The van der Waals surface area contributed by atoms with Crippen LogP contribution in [0.2, 0.25) is 0 Å². The molecule has 2 fully saturated rings. The lowest BCUT2D eigenvalue weighted by molar-refractivity contribution is -0.185. The first-order valence-corrected chi connectivity index (χ1v) is 9.67. The van der Waals surface area contributed by atoms with Gasteiger partial charge in [0.25, 0.3) is 5.88 Å². The van der Waals surface area contributed by atoms with Crippen LogP contribution in [0.4, 0.5) is 17.6 Å². The summed E-state index contributed by atoms with van der Waals surface area (Å²) in [6, 6.07) is 0.897. The summed E-state index contributed by atoms with van der Waals surface area (Å²) in [6.45, 7) is 2.76. The van der Waals surface area contributed by atoms with Crippen molar-refractivity contribution >= 4 is 5.91 Å². The molecule has 1 saturated carbocycles. The van der Waals surface area contributed by atoms with E-state index in [1.807, 2.05) is 6.92 Å². The number of nitrogens with zero attached hydrogens (tertiary/aromatic N) is 1. The van der Waals surface area contributed by atoms with E-state index < -0.39 is 24.0 Å². The van der Waals surface area contributed by atoms with Gasteiger partial charge in [0.15, 0.2) is 5.82 Å². The van der Waals surface area contributed by atoms with Gasteiger partial charge in [-0.15, -0.1) is 0 Å². The Labute approximate surface area is 166 Å². The molecule has 0 bridgehead atoms. The number of amides is 1. The first-order chi connectivity index (χ1) is 13.7. The fourth-order valence-electron chi connectivity index (χ4n) is 3.66. The number of rotatable bonds is 6. The summed E-state index contributed by atoms with van der Waals surface area (Å²) in [4.78, 5) is 16.1. The molecule has 0 radical (unpaired) electrons. The van der Waals surface area contributed by atoms with E-state index in [2.05, 4.69) is 15.6 Å². The van der Waals surface area contributed by atoms with E-state index in [-0.39, 0.29) is 61.9 Å². The molecule has 3 rings (SSSR count). The Morgan fingerprint density at radius 1 is 1.28 bits per heavy atom. The van der Waals surface area contributed by atoms with Crippen LogP contribution in [0.5, 0.6) is 11.8 Å². The molecule has 162 valence electrons. The summed E-state index contributed by atoms with van der Waals surface area (Å²) in [5, 5.41) is 5.73. The van der Waals surface area contributed by atoms with Gasteiger partial charge in [0, 0.05) is 18.7 Å². The van der Waals surface area contributed by atoms with Crippen molar-refractivity contribution in [2.24, 2.45) is 11.8 Å². The van der Waals surface area contributed by atoms with Crippen molar-refractivity contribution in [3.8, 4) is 11.8 Å². The van der Waals surface area contributed by atoms with Crippen LogP contribution < -0.4 is 20.1 Å². The molecule has 1 aromatic heterocycles. The van der Waals surface area contributed by atoms with Crippen LogP contribution in [0.3, 0.4) is 0 Å². The van der Waals surface area contributed by atoms with Gasteiger partial charge in [-0.3, -0.25) is 4.79 Å². The van der Waals surface area contributed by atoms with Gasteiger partial charge in [0.1, 0.15) is 6.10 Å². The van der Waals surface area contributed by atoms with Crippen LogP contribution in [0.1, 0.15) is 38.2 Å². The number of aromatic nitrogens is 1. The zero-order chi connectivity index (χ0) is 21.2. The average molecular weight is 419 g/mol. The van der Waals surface area contributed by atoms with Crippen molar-refractivity contribution in [3.63, 3.8) is 0 Å². The summed E-state index contributed by atoms with van der Waals surface area (Å²) in [7, 11) is 1.36. The zero-order valence-corrected chi connectivity index (χ0v) is 16.3. The van der Waals surface area contributed by atoms with E-state index in [0.29, 0.717) is 5.56 Å². The number of methoxy groups -OCH3 is 1. The van der Waals surface area contributed by atoms with Crippen LogP contribution >= 0.6 is 0 Å². The Morgan fingerprint density at radius 2 is 1.97 bits per heavy atom. The van der Waals surface area contributed by atoms with Crippen molar-refractivity contribution in [2.45, 2.75) is 57.5 Å². The summed E-state index contributed by atoms with van der Waals surface area (Å²) in [5.74, 6) is -2.25. The maximum Gasteiger partial charge on any atom is 0.391 e. The van der Waals surface area contributed by atoms with Crippen LogP contribution in [0.15, 0.2) is 6.07 Å². The molecule has 10 heteroatoms. The van der Waals surface area contributed by atoms with Gasteiger partial charge in [-0.25, -0.2) is 4.39 Å². The lowest BCUT2D eigenvalue weighted by Crippen LogP contribution is -2.59. The van der Waals surface area contributed by atoms with Crippen LogP contribution in [0.25, 0.3) is 0 Å². The SMILES string of the molecule is COc1nc(OC2CCC(C(F)(F)F)CC2)c(F)cc1CNC(=O)[C@H]1NC[C@@H]1C. The smallest absolute Gasteiger partial charge is 0.391 e. The Hall–Kier alpha value is -2.10. The lowest BCUT2D eigenvalue weighted by Gasteiger charge is -2.34. The van der Waals surface area contributed by atoms with Gasteiger partial charge >= 0.3 is 6.18 Å². The topological polar surface area (TPSA) is 72.5 Å². The summed E-state index contributed by atoms with van der Waals surface area (Å²) >= 11 is 0. The molecule has 29 heavy (non-hydrogen) atoms. The van der Waals surface area contributed by atoms with Crippen molar-refractivity contribution in [1.29, 1.82) is 0 Å². The fourth-order valence-corrected chi connectivity index (χ4v) is 3.66. The fraction of sp³-hybridized carbons (Fsp3) is 0.684. The van der Waals surface area contributed by atoms with Crippen LogP contribution in [-0.2, 0) is 11.3 Å². The molecule has 1 aromatic rings. The van der Waals surface area contributed by atoms with Crippen molar-refractivity contribution in [3.05, 3.63) is 17.4 Å². The number of halogens is 4. The first kappa shape index (κ1) is 21.6. The molecule has 2 atom stereocenters. The first-order valence-electron chi connectivity index (χ1n) is 9.67. The number of carbonyl (C=O) groups excluding carboxylic acids is 1. The number of ether oxygens (including phenoxy) is 2. The molecule has 2 N–H and O–H groups in total. The average Bonchev–Trinajstić information content (AvgIpc) is 2.66. The Morgan fingerprint density at radius 3 is 2.48 bits per heavy atom. The molecule has 0 unspecified atom stereocenters. The van der Waals surface area contributed by atoms with E-state index in [4.69, 9.17) is 9.47 Å². The predicted octanol–water partition coefficient (Wildman–Crippen LogP) is 2.95. The number of nitrogens with one attached hydrogen (secondary N) is 2. The number of carbonyl (C=O) groups is 1. The molecule has 1 aliphatic carbocycles. The molecule has 1 amide bonds.